The van der Waals surface area contributed by atoms with Crippen molar-refractivity contribution in [2.75, 3.05) is 13.1 Å². The van der Waals surface area contributed by atoms with Gasteiger partial charge in [0.25, 0.3) is 0 Å². The molecule has 6 atom stereocenters. The van der Waals surface area contributed by atoms with E-state index >= 15 is 0 Å². The van der Waals surface area contributed by atoms with Crippen molar-refractivity contribution in [3.8, 4) is 0 Å². The number of amides is 6. The molecule has 0 unspecified atom stereocenters. The molecule has 0 saturated carbocycles. The summed E-state index contributed by atoms with van der Waals surface area (Å²) in [6.07, 6.45) is 0.908. The number of carbonyl (C=O) groups is 6. The summed E-state index contributed by atoms with van der Waals surface area (Å²) in [5.74, 6) is -4.88. The van der Waals surface area contributed by atoms with Crippen molar-refractivity contribution in [2.45, 2.75) is 108 Å². The zero-order valence-corrected chi connectivity index (χ0v) is 24.9. The molecule has 0 aromatic rings. The van der Waals surface area contributed by atoms with Crippen molar-refractivity contribution in [3.05, 3.63) is 0 Å². The van der Waals surface area contributed by atoms with Crippen LogP contribution in [0, 0.1) is 5.92 Å². The first kappa shape index (κ1) is 38.7. The highest BCUT2D eigenvalue weighted by atomic mass is 16.3. The Morgan fingerprint density at radius 3 is 1.52 bits per heavy atom. The van der Waals surface area contributed by atoms with E-state index in [4.69, 9.17) is 28.7 Å². The minimum absolute atomic E-state index is 0.0743. The van der Waals surface area contributed by atoms with Crippen LogP contribution in [0.15, 0.2) is 0 Å². The van der Waals surface area contributed by atoms with E-state index in [0.29, 0.717) is 38.8 Å². The van der Waals surface area contributed by atoms with Crippen LogP contribution in [0.5, 0.6) is 0 Å². The number of rotatable bonds is 22. The van der Waals surface area contributed by atoms with Crippen LogP contribution in [0.25, 0.3) is 0 Å². The van der Waals surface area contributed by atoms with Crippen LogP contribution < -0.4 is 49.9 Å². The van der Waals surface area contributed by atoms with Gasteiger partial charge in [-0.05, 0) is 70.9 Å². The van der Waals surface area contributed by atoms with Crippen LogP contribution in [-0.2, 0) is 28.8 Å². The van der Waals surface area contributed by atoms with Crippen molar-refractivity contribution in [2.24, 2.45) is 34.6 Å². The van der Waals surface area contributed by atoms with Crippen LogP contribution in [0.1, 0.15) is 72.1 Å². The predicted octanol–water partition coefficient (Wildman–Crippen LogP) is -3.70. The van der Waals surface area contributed by atoms with Crippen molar-refractivity contribution >= 4 is 35.4 Å². The van der Waals surface area contributed by atoms with E-state index in [0.717, 1.165) is 0 Å². The number of unbranched alkanes of at least 4 members (excludes halogenated alkanes) is 2. The molecular formula is C26H51N9O7. The summed E-state index contributed by atoms with van der Waals surface area (Å²) in [7, 11) is 0. The molecule has 15 N–H and O–H groups in total. The van der Waals surface area contributed by atoms with E-state index in [-0.39, 0.29) is 25.2 Å². The molecule has 0 bridgehead atoms. The maximum atomic E-state index is 13.3. The van der Waals surface area contributed by atoms with Gasteiger partial charge in [-0.15, -0.1) is 0 Å². The SMILES string of the molecule is CC(C)C[C@H](NC(=O)[C@H](CC(N)=O)NC(=O)[C@H](CCCCN)NC(=O)[C@@H](N)[C@@H](C)O)C(=O)N[C@@H](CCCCN)C(N)=O. The zero-order valence-electron chi connectivity index (χ0n) is 24.9. The zero-order chi connectivity index (χ0) is 32.4. The van der Waals surface area contributed by atoms with Gasteiger partial charge < -0.3 is 55.0 Å². The van der Waals surface area contributed by atoms with Crippen molar-refractivity contribution in [1.29, 1.82) is 0 Å². The van der Waals surface area contributed by atoms with E-state index in [9.17, 15) is 33.9 Å². The third-order valence-electron chi connectivity index (χ3n) is 6.39. The first-order valence-corrected chi connectivity index (χ1v) is 14.3. The molecule has 0 rings (SSSR count). The fourth-order valence-corrected chi connectivity index (χ4v) is 3.96. The molecule has 0 aromatic carbocycles. The van der Waals surface area contributed by atoms with Crippen LogP contribution in [0.3, 0.4) is 0 Å². The Labute approximate surface area is 247 Å². The van der Waals surface area contributed by atoms with E-state index in [1.54, 1.807) is 0 Å². The molecule has 0 aliphatic carbocycles. The Hall–Kier alpha value is -3.34. The largest absolute Gasteiger partial charge is 0.391 e. The molecule has 0 aromatic heterocycles. The molecule has 0 heterocycles. The lowest BCUT2D eigenvalue weighted by Crippen LogP contribution is -2.59. The molecule has 16 nitrogen and oxygen atoms in total. The van der Waals surface area contributed by atoms with Crippen molar-refractivity contribution < 1.29 is 33.9 Å². The highest BCUT2D eigenvalue weighted by Crippen LogP contribution is 2.09. The normalized spacial score (nSPS) is 15.4. The molecule has 0 aliphatic heterocycles. The first-order valence-electron chi connectivity index (χ1n) is 14.3. The number of nitrogens with one attached hydrogen (secondary N) is 4. The Morgan fingerprint density at radius 1 is 0.643 bits per heavy atom. The molecule has 242 valence electrons. The van der Waals surface area contributed by atoms with E-state index in [2.05, 4.69) is 21.3 Å². The average Bonchev–Trinajstić information content (AvgIpc) is 2.89. The van der Waals surface area contributed by atoms with E-state index in [1.165, 1.54) is 6.92 Å². The van der Waals surface area contributed by atoms with Gasteiger partial charge in [-0.25, -0.2) is 0 Å². The molecule has 16 heteroatoms. The molecule has 0 radical (unpaired) electrons. The summed E-state index contributed by atoms with van der Waals surface area (Å²) in [5, 5.41) is 19.6. The standard InChI is InChI=1S/C26H51N9O7/c1-14(2)12-18(24(40)32-16(22(31)38)8-4-6-10-27)34-25(41)19(13-20(29)37)35-23(39)17(9-5-7-11-28)33-26(42)21(30)15(3)36/h14-19,21,36H,4-13,27-28,30H2,1-3H3,(H2,29,37)(H2,31,38)(H,32,40)(H,33,42)(H,34,41)(H,35,39)/t15-,16+,17+,18+,19+,21+/m1/s1. The van der Waals surface area contributed by atoms with E-state index < -0.39 is 78.2 Å². The van der Waals surface area contributed by atoms with Gasteiger partial charge in [-0.2, -0.15) is 0 Å². The minimum atomic E-state index is -1.49. The van der Waals surface area contributed by atoms with Crippen molar-refractivity contribution in [1.82, 2.24) is 21.3 Å². The minimum Gasteiger partial charge on any atom is -0.391 e. The topological polar surface area (TPSA) is 301 Å². The molecule has 0 saturated heterocycles. The molecule has 0 fully saturated rings. The third kappa shape index (κ3) is 15.6. The third-order valence-corrected chi connectivity index (χ3v) is 6.39. The Balaban J connectivity index is 5.85. The maximum Gasteiger partial charge on any atom is 0.243 e. The van der Waals surface area contributed by atoms with Crippen LogP contribution >= 0.6 is 0 Å². The van der Waals surface area contributed by atoms with Crippen molar-refractivity contribution in [3.63, 3.8) is 0 Å². The van der Waals surface area contributed by atoms with E-state index in [1.807, 2.05) is 13.8 Å². The first-order chi connectivity index (χ1) is 19.6. The van der Waals surface area contributed by atoms with Gasteiger partial charge in [0.2, 0.25) is 35.4 Å². The number of nitrogens with two attached hydrogens (primary N) is 5. The lowest BCUT2D eigenvalue weighted by molar-refractivity contribution is -0.136. The maximum absolute atomic E-state index is 13.3. The quantitative estimate of drug-likeness (QED) is 0.0541. The summed E-state index contributed by atoms with van der Waals surface area (Å²) < 4.78 is 0. The lowest BCUT2D eigenvalue weighted by atomic mass is 10.0. The number of carbonyl (C=O) groups excluding carboxylic acids is 6. The highest BCUT2D eigenvalue weighted by Gasteiger charge is 2.32. The highest BCUT2D eigenvalue weighted by molar-refractivity contribution is 5.97. The average molecular weight is 602 g/mol. The second-order valence-corrected chi connectivity index (χ2v) is 10.8. The van der Waals surface area contributed by atoms with Gasteiger partial charge in [0.15, 0.2) is 0 Å². The van der Waals surface area contributed by atoms with Gasteiger partial charge in [-0.3, -0.25) is 28.8 Å². The second kappa shape index (κ2) is 20.5. The molecule has 6 amide bonds. The number of aliphatic hydroxyl groups excluding tert-OH is 1. The van der Waals surface area contributed by atoms with Crippen LogP contribution in [0.2, 0.25) is 0 Å². The van der Waals surface area contributed by atoms with Gasteiger partial charge >= 0.3 is 0 Å². The molecule has 0 spiro atoms. The molecule has 0 aliphatic rings. The molecule has 42 heavy (non-hydrogen) atoms. The summed E-state index contributed by atoms with van der Waals surface area (Å²) >= 11 is 0. The number of hydrogen-bond acceptors (Lipinski definition) is 10. The van der Waals surface area contributed by atoms with Gasteiger partial charge in [0.1, 0.15) is 30.2 Å². The predicted molar refractivity (Wildman–Crippen MR) is 156 cm³/mol. The fraction of sp³-hybridized carbons (Fsp3) is 0.769. The fourth-order valence-electron chi connectivity index (χ4n) is 3.96. The Morgan fingerprint density at radius 2 is 1.07 bits per heavy atom. The summed E-state index contributed by atoms with van der Waals surface area (Å²) in [4.78, 5) is 75.6. The monoisotopic (exact) mass is 601 g/mol. The van der Waals surface area contributed by atoms with Gasteiger partial charge in [-0.1, -0.05) is 13.8 Å². The lowest BCUT2D eigenvalue weighted by Gasteiger charge is -2.27. The number of primary amides is 2. The second-order valence-electron chi connectivity index (χ2n) is 10.8. The van der Waals surface area contributed by atoms with Crippen LogP contribution in [0.4, 0.5) is 0 Å². The van der Waals surface area contributed by atoms with Gasteiger partial charge in [0.05, 0.1) is 12.5 Å². The summed E-state index contributed by atoms with van der Waals surface area (Å²) in [5.41, 5.74) is 27.5. The Kier molecular flexibility index (Phi) is 18.9. The number of aliphatic hydroxyl groups is 1. The summed E-state index contributed by atoms with van der Waals surface area (Å²) in [6, 6.07) is -6.09. The Bertz CT molecular complexity index is 901. The molecular weight excluding hydrogens is 550 g/mol. The van der Waals surface area contributed by atoms with Gasteiger partial charge in [0, 0.05) is 0 Å². The summed E-state index contributed by atoms with van der Waals surface area (Å²) in [6.45, 7) is 5.69. The van der Waals surface area contributed by atoms with Crippen LogP contribution in [-0.4, -0.2) is 90.0 Å². The smallest absolute Gasteiger partial charge is 0.243 e. The number of hydrogen-bond donors (Lipinski definition) is 10.